The SMILES string of the molecule is O=[N+]([O-])c1ccc2cnn(CC3CC3)c2c1. The van der Waals surface area contributed by atoms with Gasteiger partial charge < -0.3 is 0 Å². The molecule has 1 fully saturated rings. The summed E-state index contributed by atoms with van der Waals surface area (Å²) in [6.07, 6.45) is 4.26. The smallest absolute Gasteiger partial charge is 0.264 e. The number of nitrogens with zero attached hydrogens (tertiary/aromatic N) is 3. The summed E-state index contributed by atoms with van der Waals surface area (Å²) in [6.45, 7) is 0.880. The average Bonchev–Trinajstić information content (AvgIpc) is 2.99. The molecule has 1 aromatic carbocycles. The van der Waals surface area contributed by atoms with Gasteiger partial charge in [-0.15, -0.1) is 0 Å². The van der Waals surface area contributed by atoms with Crippen molar-refractivity contribution in [3.8, 4) is 0 Å². The first-order valence-electron chi connectivity index (χ1n) is 5.34. The highest BCUT2D eigenvalue weighted by Gasteiger charge is 2.23. The third-order valence-electron chi connectivity index (χ3n) is 2.97. The van der Waals surface area contributed by atoms with Crippen LogP contribution in [0, 0.1) is 16.0 Å². The molecule has 0 unspecified atom stereocenters. The first-order chi connectivity index (χ1) is 7.74. The molecule has 3 rings (SSSR count). The molecule has 2 aromatic rings. The van der Waals surface area contributed by atoms with Crippen LogP contribution in [0.15, 0.2) is 24.4 Å². The van der Waals surface area contributed by atoms with Gasteiger partial charge in [-0.25, -0.2) is 0 Å². The van der Waals surface area contributed by atoms with Crippen LogP contribution in [0.1, 0.15) is 12.8 Å². The predicted molar refractivity (Wildman–Crippen MR) is 59.1 cm³/mol. The molecule has 0 spiro atoms. The normalized spacial score (nSPS) is 15.5. The molecule has 82 valence electrons. The van der Waals surface area contributed by atoms with Crippen LogP contribution in [-0.2, 0) is 6.54 Å². The van der Waals surface area contributed by atoms with Gasteiger partial charge in [-0.1, -0.05) is 0 Å². The van der Waals surface area contributed by atoms with Crippen molar-refractivity contribution >= 4 is 16.6 Å². The Hall–Kier alpha value is -1.91. The van der Waals surface area contributed by atoms with Gasteiger partial charge in [0.05, 0.1) is 16.6 Å². The van der Waals surface area contributed by atoms with Gasteiger partial charge in [0.1, 0.15) is 0 Å². The molecule has 1 aliphatic rings. The Balaban J connectivity index is 2.07. The fourth-order valence-electron chi connectivity index (χ4n) is 1.86. The number of nitro benzene ring substituents is 1. The lowest BCUT2D eigenvalue weighted by molar-refractivity contribution is -0.384. The van der Waals surface area contributed by atoms with Crippen LogP contribution in [0.3, 0.4) is 0 Å². The van der Waals surface area contributed by atoms with Crippen molar-refractivity contribution in [1.29, 1.82) is 0 Å². The summed E-state index contributed by atoms with van der Waals surface area (Å²) in [6, 6.07) is 4.88. The summed E-state index contributed by atoms with van der Waals surface area (Å²) in [5.74, 6) is 0.711. The lowest BCUT2D eigenvalue weighted by atomic mass is 10.2. The molecule has 0 atom stereocenters. The van der Waals surface area contributed by atoms with E-state index in [0.29, 0.717) is 5.92 Å². The quantitative estimate of drug-likeness (QED) is 0.585. The van der Waals surface area contributed by atoms with Crippen molar-refractivity contribution in [2.45, 2.75) is 19.4 Å². The second kappa shape index (κ2) is 3.30. The van der Waals surface area contributed by atoms with Crippen LogP contribution >= 0.6 is 0 Å². The van der Waals surface area contributed by atoms with Crippen molar-refractivity contribution in [2.75, 3.05) is 0 Å². The van der Waals surface area contributed by atoms with E-state index in [4.69, 9.17) is 0 Å². The number of nitro groups is 1. The molecule has 0 radical (unpaired) electrons. The minimum absolute atomic E-state index is 0.130. The summed E-state index contributed by atoms with van der Waals surface area (Å²) in [4.78, 5) is 10.3. The zero-order chi connectivity index (χ0) is 11.1. The summed E-state index contributed by atoms with van der Waals surface area (Å²) in [7, 11) is 0. The van der Waals surface area contributed by atoms with E-state index in [0.717, 1.165) is 17.4 Å². The highest BCUT2D eigenvalue weighted by molar-refractivity contribution is 5.80. The van der Waals surface area contributed by atoms with E-state index in [2.05, 4.69) is 5.10 Å². The Morgan fingerprint density at radius 3 is 3.00 bits per heavy atom. The molecule has 1 aromatic heterocycles. The molecule has 0 amide bonds. The Kier molecular flexibility index (Phi) is 1.92. The fraction of sp³-hybridized carbons (Fsp3) is 0.364. The second-order valence-corrected chi connectivity index (χ2v) is 4.27. The molecule has 5 nitrogen and oxygen atoms in total. The number of rotatable bonds is 3. The molecule has 1 saturated carbocycles. The van der Waals surface area contributed by atoms with E-state index in [1.54, 1.807) is 18.3 Å². The largest absolute Gasteiger partial charge is 0.271 e. The van der Waals surface area contributed by atoms with Crippen LogP contribution in [-0.4, -0.2) is 14.7 Å². The fourth-order valence-corrected chi connectivity index (χ4v) is 1.86. The number of hydrogen-bond donors (Lipinski definition) is 0. The lowest BCUT2D eigenvalue weighted by Gasteiger charge is -2.01. The van der Waals surface area contributed by atoms with Gasteiger partial charge in [0.25, 0.3) is 5.69 Å². The van der Waals surface area contributed by atoms with Gasteiger partial charge in [0.2, 0.25) is 0 Å². The first-order valence-corrected chi connectivity index (χ1v) is 5.34. The topological polar surface area (TPSA) is 61.0 Å². The van der Waals surface area contributed by atoms with E-state index in [1.165, 1.54) is 18.9 Å². The number of aromatic nitrogens is 2. The number of fused-ring (bicyclic) bond motifs is 1. The Morgan fingerprint density at radius 2 is 2.31 bits per heavy atom. The van der Waals surface area contributed by atoms with E-state index >= 15 is 0 Å². The van der Waals surface area contributed by atoms with Crippen molar-refractivity contribution < 1.29 is 4.92 Å². The highest BCUT2D eigenvalue weighted by Crippen LogP contribution is 2.31. The van der Waals surface area contributed by atoms with Crippen LogP contribution in [0.25, 0.3) is 10.9 Å². The summed E-state index contributed by atoms with van der Waals surface area (Å²) in [5, 5.41) is 15.9. The van der Waals surface area contributed by atoms with Gasteiger partial charge in [0.15, 0.2) is 0 Å². The van der Waals surface area contributed by atoms with Crippen molar-refractivity contribution in [1.82, 2.24) is 9.78 Å². The molecular weight excluding hydrogens is 206 g/mol. The molecule has 1 aliphatic carbocycles. The van der Waals surface area contributed by atoms with E-state index in [9.17, 15) is 10.1 Å². The number of benzene rings is 1. The highest BCUT2D eigenvalue weighted by atomic mass is 16.6. The van der Waals surface area contributed by atoms with Gasteiger partial charge in [-0.3, -0.25) is 14.8 Å². The summed E-state index contributed by atoms with van der Waals surface area (Å²) >= 11 is 0. The van der Waals surface area contributed by atoms with E-state index in [1.807, 2.05) is 4.68 Å². The monoisotopic (exact) mass is 217 g/mol. The van der Waals surface area contributed by atoms with Gasteiger partial charge >= 0.3 is 0 Å². The second-order valence-electron chi connectivity index (χ2n) is 4.27. The number of non-ortho nitro benzene ring substituents is 1. The Morgan fingerprint density at radius 1 is 1.50 bits per heavy atom. The Labute approximate surface area is 91.8 Å². The minimum Gasteiger partial charge on any atom is -0.264 e. The third-order valence-corrected chi connectivity index (χ3v) is 2.97. The van der Waals surface area contributed by atoms with Crippen molar-refractivity contribution in [3.63, 3.8) is 0 Å². The lowest BCUT2D eigenvalue weighted by Crippen LogP contribution is -2.01. The van der Waals surface area contributed by atoms with Gasteiger partial charge in [0, 0.05) is 24.1 Å². The number of hydrogen-bond acceptors (Lipinski definition) is 3. The molecule has 16 heavy (non-hydrogen) atoms. The maximum atomic E-state index is 10.7. The van der Waals surface area contributed by atoms with E-state index < -0.39 is 0 Å². The first kappa shape index (κ1) is 9.33. The molecule has 0 aliphatic heterocycles. The van der Waals surface area contributed by atoms with Crippen LogP contribution in [0.5, 0.6) is 0 Å². The zero-order valence-electron chi connectivity index (χ0n) is 8.67. The predicted octanol–water partition coefficient (Wildman–Crippen LogP) is 2.35. The Bertz CT molecular complexity index is 557. The molecule has 0 bridgehead atoms. The maximum Gasteiger partial charge on any atom is 0.271 e. The molecule has 1 heterocycles. The summed E-state index contributed by atoms with van der Waals surface area (Å²) < 4.78 is 1.88. The van der Waals surface area contributed by atoms with Crippen LogP contribution < -0.4 is 0 Å². The standard InChI is InChI=1S/C11H11N3O2/c15-14(16)10-4-3-9-6-12-13(11(9)5-10)7-8-1-2-8/h3-6,8H,1-2,7H2. The summed E-state index contributed by atoms with van der Waals surface area (Å²) in [5.41, 5.74) is 0.992. The zero-order valence-corrected chi connectivity index (χ0v) is 8.67. The van der Waals surface area contributed by atoms with Crippen molar-refractivity contribution in [2.24, 2.45) is 5.92 Å². The van der Waals surface area contributed by atoms with E-state index in [-0.39, 0.29) is 10.6 Å². The molecule has 0 saturated heterocycles. The molecule has 0 N–H and O–H groups in total. The van der Waals surface area contributed by atoms with Crippen LogP contribution in [0.2, 0.25) is 0 Å². The van der Waals surface area contributed by atoms with Gasteiger partial charge in [-0.2, -0.15) is 5.10 Å². The molecule has 5 heteroatoms. The van der Waals surface area contributed by atoms with Crippen molar-refractivity contribution in [3.05, 3.63) is 34.5 Å². The minimum atomic E-state index is -0.367. The molecular formula is C11H11N3O2. The maximum absolute atomic E-state index is 10.7. The average molecular weight is 217 g/mol. The van der Waals surface area contributed by atoms with Crippen LogP contribution in [0.4, 0.5) is 5.69 Å². The van der Waals surface area contributed by atoms with Gasteiger partial charge in [-0.05, 0) is 24.8 Å². The third kappa shape index (κ3) is 1.54.